The zero-order valence-corrected chi connectivity index (χ0v) is 9.58. The Hall–Kier alpha value is -2.15. The molecule has 2 heterocycles. The van der Waals surface area contributed by atoms with Crippen molar-refractivity contribution >= 4 is 28.2 Å². The highest BCUT2D eigenvalue weighted by molar-refractivity contribution is 7.18. The van der Waals surface area contributed by atoms with Gasteiger partial charge < -0.3 is 14.8 Å². The van der Waals surface area contributed by atoms with Gasteiger partial charge in [-0.2, -0.15) is 0 Å². The largest absolute Gasteiger partial charge is 0.477 e. The Morgan fingerprint density at radius 3 is 2.76 bits per heavy atom. The molecule has 2 rings (SSSR count). The normalized spacial score (nSPS) is 10.2. The lowest BCUT2D eigenvalue weighted by Gasteiger charge is -1.98. The summed E-state index contributed by atoms with van der Waals surface area (Å²) in [4.78, 5) is 26.3. The molecule has 2 aromatic heterocycles. The van der Waals surface area contributed by atoms with Gasteiger partial charge in [0.2, 0.25) is 5.76 Å². The van der Waals surface area contributed by atoms with E-state index >= 15 is 0 Å². The maximum atomic E-state index is 11.7. The molecule has 0 aliphatic carbocycles. The lowest BCUT2D eigenvalue weighted by Crippen LogP contribution is -2.11. The number of hydrogen-bond acceptors (Lipinski definition) is 5. The first kappa shape index (κ1) is 11.3. The predicted molar refractivity (Wildman–Crippen MR) is 60.5 cm³/mol. The third-order valence-electron chi connectivity index (χ3n) is 2.01. The van der Waals surface area contributed by atoms with E-state index in [-0.39, 0.29) is 10.6 Å². The van der Waals surface area contributed by atoms with Crippen LogP contribution in [-0.2, 0) is 0 Å². The topological polar surface area (TPSA) is 92.4 Å². The van der Waals surface area contributed by atoms with Crippen LogP contribution in [0.4, 0.5) is 5.00 Å². The van der Waals surface area contributed by atoms with Crippen molar-refractivity contribution in [2.45, 2.75) is 6.92 Å². The smallest absolute Gasteiger partial charge is 0.345 e. The highest BCUT2D eigenvalue weighted by atomic mass is 32.1. The van der Waals surface area contributed by atoms with E-state index in [2.05, 4.69) is 10.3 Å². The fraction of sp³-hybridized carbons (Fsp3) is 0.100. The summed E-state index contributed by atoms with van der Waals surface area (Å²) >= 11 is 0.979. The van der Waals surface area contributed by atoms with E-state index in [0.29, 0.717) is 10.7 Å². The Morgan fingerprint density at radius 1 is 1.47 bits per heavy atom. The summed E-state index contributed by atoms with van der Waals surface area (Å²) in [6, 6.07) is 2.95. The molecule has 0 aliphatic rings. The third-order valence-corrected chi connectivity index (χ3v) is 2.99. The molecule has 0 radical (unpaired) electrons. The first-order chi connectivity index (χ1) is 8.08. The predicted octanol–water partition coefficient (Wildman–Crippen LogP) is 2.00. The molecule has 0 saturated heterocycles. The van der Waals surface area contributed by atoms with E-state index in [9.17, 15) is 9.59 Å². The summed E-state index contributed by atoms with van der Waals surface area (Å²) in [7, 11) is 0. The zero-order valence-electron chi connectivity index (χ0n) is 8.76. The van der Waals surface area contributed by atoms with Crippen molar-refractivity contribution < 1.29 is 19.1 Å². The molecule has 0 unspecified atom stereocenters. The SMILES string of the molecule is Cc1ncoc1C(=O)Nc1ccc(C(=O)O)s1. The van der Waals surface area contributed by atoms with Gasteiger partial charge in [-0.1, -0.05) is 0 Å². The van der Waals surface area contributed by atoms with E-state index < -0.39 is 11.9 Å². The van der Waals surface area contributed by atoms with Crippen molar-refractivity contribution in [1.29, 1.82) is 0 Å². The Morgan fingerprint density at radius 2 is 2.24 bits per heavy atom. The summed E-state index contributed by atoms with van der Waals surface area (Å²) in [5.41, 5.74) is 0.484. The molecular weight excluding hydrogens is 244 g/mol. The summed E-state index contributed by atoms with van der Waals surface area (Å²) in [5, 5.41) is 11.7. The Labute approximate surface area is 99.9 Å². The lowest BCUT2D eigenvalue weighted by atomic mass is 10.3. The van der Waals surface area contributed by atoms with Crippen LogP contribution in [0.5, 0.6) is 0 Å². The molecule has 0 bridgehead atoms. The molecule has 88 valence electrons. The van der Waals surface area contributed by atoms with Crippen LogP contribution < -0.4 is 5.32 Å². The second-order valence-electron chi connectivity index (χ2n) is 3.19. The van der Waals surface area contributed by atoms with Crippen molar-refractivity contribution in [3.63, 3.8) is 0 Å². The Bertz CT molecular complexity index is 572. The number of aromatic carboxylic acids is 1. The summed E-state index contributed by atoms with van der Waals surface area (Å²) in [5.74, 6) is -1.35. The van der Waals surface area contributed by atoms with Crippen LogP contribution in [0.3, 0.4) is 0 Å². The van der Waals surface area contributed by atoms with E-state index in [1.807, 2.05) is 0 Å². The van der Waals surface area contributed by atoms with Gasteiger partial charge in [0, 0.05) is 0 Å². The second kappa shape index (κ2) is 4.38. The van der Waals surface area contributed by atoms with Crippen molar-refractivity contribution in [3.8, 4) is 0 Å². The van der Waals surface area contributed by atoms with Crippen LogP contribution in [0.2, 0.25) is 0 Å². The number of aromatic nitrogens is 1. The van der Waals surface area contributed by atoms with Gasteiger partial charge in [-0.3, -0.25) is 4.79 Å². The average molecular weight is 252 g/mol. The van der Waals surface area contributed by atoms with Crippen LogP contribution in [0, 0.1) is 6.92 Å². The number of oxazole rings is 1. The fourth-order valence-electron chi connectivity index (χ4n) is 1.21. The minimum Gasteiger partial charge on any atom is -0.477 e. The van der Waals surface area contributed by atoms with Gasteiger partial charge in [0.25, 0.3) is 5.91 Å². The molecule has 0 fully saturated rings. The number of nitrogens with one attached hydrogen (secondary N) is 1. The van der Waals surface area contributed by atoms with Crippen molar-refractivity contribution in [2.24, 2.45) is 0 Å². The number of anilines is 1. The van der Waals surface area contributed by atoms with E-state index in [4.69, 9.17) is 9.52 Å². The molecule has 2 aromatic rings. The summed E-state index contributed by atoms with van der Waals surface area (Å²) < 4.78 is 4.92. The number of rotatable bonds is 3. The molecule has 17 heavy (non-hydrogen) atoms. The lowest BCUT2D eigenvalue weighted by molar-refractivity contribution is 0.0702. The second-order valence-corrected chi connectivity index (χ2v) is 4.27. The molecular formula is C10H8N2O4S. The first-order valence-corrected chi connectivity index (χ1v) is 5.44. The number of hydrogen-bond donors (Lipinski definition) is 2. The zero-order chi connectivity index (χ0) is 12.4. The molecule has 7 heteroatoms. The number of carboxylic acids is 1. The molecule has 0 saturated carbocycles. The molecule has 0 spiro atoms. The van der Waals surface area contributed by atoms with Crippen LogP contribution >= 0.6 is 11.3 Å². The van der Waals surface area contributed by atoms with Crippen molar-refractivity contribution in [2.75, 3.05) is 5.32 Å². The van der Waals surface area contributed by atoms with E-state index in [0.717, 1.165) is 11.3 Å². The maximum absolute atomic E-state index is 11.7. The quantitative estimate of drug-likeness (QED) is 0.871. The summed E-state index contributed by atoms with van der Waals surface area (Å²) in [6.07, 6.45) is 1.18. The van der Waals surface area contributed by atoms with Crippen LogP contribution in [0.25, 0.3) is 0 Å². The highest BCUT2D eigenvalue weighted by Gasteiger charge is 2.15. The number of carboxylic acid groups (broad SMARTS) is 1. The molecule has 2 N–H and O–H groups in total. The van der Waals surface area contributed by atoms with Gasteiger partial charge in [0.1, 0.15) is 4.88 Å². The minimum atomic E-state index is -1.02. The molecule has 0 aliphatic heterocycles. The number of amides is 1. The summed E-state index contributed by atoms with van der Waals surface area (Å²) in [6.45, 7) is 1.65. The minimum absolute atomic E-state index is 0.121. The van der Waals surface area contributed by atoms with Crippen molar-refractivity contribution in [1.82, 2.24) is 4.98 Å². The maximum Gasteiger partial charge on any atom is 0.345 e. The number of carbonyl (C=O) groups excluding carboxylic acids is 1. The van der Waals surface area contributed by atoms with Gasteiger partial charge in [-0.15, -0.1) is 11.3 Å². The number of aryl methyl sites for hydroxylation is 1. The van der Waals surface area contributed by atoms with Gasteiger partial charge in [0.15, 0.2) is 6.39 Å². The third kappa shape index (κ3) is 2.34. The number of carbonyl (C=O) groups is 2. The molecule has 6 nitrogen and oxygen atoms in total. The van der Waals surface area contributed by atoms with Gasteiger partial charge in [-0.25, -0.2) is 9.78 Å². The molecule has 0 atom stereocenters. The van der Waals surface area contributed by atoms with E-state index in [1.54, 1.807) is 6.92 Å². The van der Waals surface area contributed by atoms with Crippen molar-refractivity contribution in [3.05, 3.63) is 34.9 Å². The van der Waals surface area contributed by atoms with Crippen LogP contribution in [-0.4, -0.2) is 22.0 Å². The van der Waals surface area contributed by atoms with Crippen LogP contribution in [0.15, 0.2) is 22.9 Å². The monoisotopic (exact) mass is 252 g/mol. The highest BCUT2D eigenvalue weighted by Crippen LogP contribution is 2.22. The fourth-order valence-corrected chi connectivity index (χ4v) is 1.95. The molecule has 1 amide bonds. The standard InChI is InChI=1S/C10H8N2O4S/c1-5-8(16-4-11-5)9(13)12-7-3-2-6(17-7)10(14)15/h2-4H,1H3,(H,12,13)(H,14,15). The number of nitrogens with zero attached hydrogens (tertiary/aromatic N) is 1. The van der Waals surface area contributed by atoms with Gasteiger partial charge in [0.05, 0.1) is 10.7 Å². The molecule has 0 aromatic carbocycles. The Balaban J connectivity index is 2.13. The van der Waals surface area contributed by atoms with Gasteiger partial charge in [-0.05, 0) is 19.1 Å². The average Bonchev–Trinajstić information content (AvgIpc) is 2.86. The van der Waals surface area contributed by atoms with E-state index in [1.165, 1.54) is 18.5 Å². The Kier molecular flexibility index (Phi) is 2.92. The first-order valence-electron chi connectivity index (χ1n) is 4.62. The number of thiophene rings is 1. The van der Waals surface area contributed by atoms with Gasteiger partial charge >= 0.3 is 5.97 Å². The van der Waals surface area contributed by atoms with Crippen LogP contribution in [0.1, 0.15) is 25.9 Å².